The van der Waals surface area contributed by atoms with Gasteiger partial charge in [-0.2, -0.15) is 0 Å². The number of aromatic hydroxyl groups is 2. The third kappa shape index (κ3) is 10.2. The first kappa shape index (κ1) is 55.9. The van der Waals surface area contributed by atoms with E-state index in [0.29, 0.717) is 51.4 Å². The van der Waals surface area contributed by atoms with Crippen molar-refractivity contribution in [3.63, 3.8) is 0 Å². The molecule has 0 aromatic heterocycles. The lowest BCUT2D eigenvalue weighted by Crippen LogP contribution is -2.57. The summed E-state index contributed by atoms with van der Waals surface area (Å²) >= 11 is 0. The molecule has 0 radical (unpaired) electrons. The number of allylic oxidation sites excluding steroid dienone is 3. The maximum atomic E-state index is 14.9. The van der Waals surface area contributed by atoms with Gasteiger partial charge in [0.05, 0.1) is 41.4 Å². The zero-order valence-electron chi connectivity index (χ0n) is 46.2. The third-order valence-electron chi connectivity index (χ3n) is 17.1. The highest BCUT2D eigenvalue weighted by Crippen LogP contribution is 2.50. The van der Waals surface area contributed by atoms with E-state index in [1.54, 1.807) is 63.8 Å². The fourth-order valence-corrected chi connectivity index (χ4v) is 12.3. The fourth-order valence-electron chi connectivity index (χ4n) is 12.3. The highest BCUT2D eigenvalue weighted by molar-refractivity contribution is 6.19. The fraction of sp³-hybridized carbons (Fsp3) is 0.542. The smallest absolute Gasteiger partial charge is 0.315 e. The zero-order chi connectivity index (χ0) is 56.2. The van der Waals surface area contributed by atoms with Crippen LogP contribution in [0, 0.1) is 36.5 Å². The minimum atomic E-state index is -1.98. The highest BCUT2D eigenvalue weighted by atomic mass is 16.7. The van der Waals surface area contributed by atoms with Crippen LogP contribution in [0.2, 0.25) is 0 Å². The number of Topliss-reactive ketones (excluding diaryl/α,β-unsaturated/α-hetero) is 1. The number of carbonyl (C=O) groups is 5. The molecule has 0 aliphatic carbocycles. The quantitative estimate of drug-likeness (QED) is 0.102. The number of esters is 1. The van der Waals surface area contributed by atoms with Crippen molar-refractivity contribution in [2.45, 2.75) is 136 Å². The molecule has 7 heterocycles. The van der Waals surface area contributed by atoms with Crippen LogP contribution < -0.4 is 31.0 Å². The maximum absolute atomic E-state index is 14.9. The van der Waals surface area contributed by atoms with E-state index in [4.69, 9.17) is 24.2 Å². The van der Waals surface area contributed by atoms with Gasteiger partial charge in [0.25, 0.3) is 11.7 Å². The van der Waals surface area contributed by atoms with E-state index in [1.807, 2.05) is 42.2 Å². The van der Waals surface area contributed by atoms with E-state index in [9.17, 15) is 44.4 Å². The number of rotatable bonds is 6. The van der Waals surface area contributed by atoms with Crippen LogP contribution in [-0.2, 0) is 28.7 Å². The predicted octanol–water partition coefficient (Wildman–Crippen LogP) is 5.45. The maximum Gasteiger partial charge on any atom is 0.315 e. The third-order valence-corrected chi connectivity index (χ3v) is 17.1. The van der Waals surface area contributed by atoms with Gasteiger partial charge < -0.3 is 60.0 Å². The van der Waals surface area contributed by atoms with E-state index in [2.05, 4.69) is 29.4 Å². The highest BCUT2D eigenvalue weighted by Gasteiger charge is 2.52. The van der Waals surface area contributed by atoms with Crippen molar-refractivity contribution in [1.29, 1.82) is 0 Å². The van der Waals surface area contributed by atoms with E-state index in [1.165, 1.54) is 13.2 Å². The Labute approximate surface area is 454 Å². The summed E-state index contributed by atoms with van der Waals surface area (Å²) in [6.45, 7) is 19.0. The number of phenols is 2. The Balaban J connectivity index is 1.01. The molecule has 7 aliphatic heterocycles. The monoisotopic (exact) mass is 1070 g/mol. The van der Waals surface area contributed by atoms with E-state index in [0.717, 1.165) is 12.2 Å². The van der Waals surface area contributed by atoms with Gasteiger partial charge in [0.15, 0.2) is 11.4 Å². The summed E-state index contributed by atoms with van der Waals surface area (Å²) in [6.07, 6.45) is 5.88. The number of anilines is 2. The molecule has 4 unspecified atom stereocenters. The lowest BCUT2D eigenvalue weighted by molar-refractivity contribution is -0.163. The van der Waals surface area contributed by atoms with Gasteiger partial charge in [-0.15, -0.1) is 0 Å². The number of ketones is 1. The molecule has 5 bridgehead atoms. The molecule has 3 aromatic rings. The molecule has 0 saturated carbocycles. The molecular formula is C59H75N7O12. The van der Waals surface area contributed by atoms with E-state index < -0.39 is 94.7 Å². The lowest BCUT2D eigenvalue weighted by atomic mass is 9.79. The van der Waals surface area contributed by atoms with Gasteiger partial charge in [0.2, 0.25) is 11.8 Å². The molecule has 3 fully saturated rings. The number of aliphatic hydroxyl groups excluding tert-OH is 2. The van der Waals surface area contributed by atoms with Gasteiger partial charge in [0, 0.05) is 92.5 Å². The van der Waals surface area contributed by atoms with Crippen LogP contribution in [0.4, 0.5) is 11.4 Å². The predicted molar refractivity (Wildman–Crippen MR) is 291 cm³/mol. The Morgan fingerprint density at radius 1 is 0.885 bits per heavy atom. The number of benzene rings is 3. The van der Waals surface area contributed by atoms with E-state index in [-0.39, 0.29) is 80.8 Å². The molecule has 19 heteroatoms. The Kier molecular flexibility index (Phi) is 15.6. The minimum Gasteiger partial charge on any atom is -0.507 e. The average Bonchev–Trinajstić information content (AvgIpc) is 4.07. The van der Waals surface area contributed by atoms with Crippen molar-refractivity contribution >= 4 is 51.6 Å². The number of likely N-dealkylation sites (tertiary alicyclic amines) is 2. The van der Waals surface area contributed by atoms with Crippen molar-refractivity contribution < 1.29 is 58.6 Å². The second kappa shape index (κ2) is 21.8. The van der Waals surface area contributed by atoms with Gasteiger partial charge in [-0.3, -0.25) is 34.0 Å². The molecular weight excluding hydrogens is 999 g/mol. The SMILES string of the molecule is C/C1=C/C=C/C(C)[C@H](O)[C@@H](C)C(O)[C@@H](C)C(OC(=O)CC(=O)N2CCC3(CC2)C(=O)NCN3c2ccccc2)[C@H](C)C/C=C/OC2(C)Oc3c(C)c(O)c4c(O)c(c5c(c4c3C2=O)=NC2(CCN(CC(C)C)CC2)N=5)NC1=O. The first-order valence-electron chi connectivity index (χ1n) is 27.4. The molecule has 6 N–H and O–H groups in total. The number of piperidine rings is 2. The standard InChI is InChI=1S/C59H75N7O12/c1-32(2)30-64-24-22-59(23-25-64)62-45-42-43-50(71)38(8)53-44(42)54(73)57(9,78-53)76-28-14-17-34(4)52(37(7)49(70)36(6)48(69)33(3)15-13-16-35(5)55(74)61-47(51(43)72)46(45)63-59)77-41(68)29-40(67)65-26-20-58(21-27-65)56(75)60-31-66(58)39-18-11-10-12-19-39/h10-16,18-19,28,32-34,36-37,48-49,52,69-72H,17,20-27,29-31H2,1-9H3,(H,60,75)(H,61,74)/b15-13+,28-14+,35-16-/t33?,34-,36-,37-,48+,49?,52?,57?/m1/s1. The van der Waals surface area contributed by atoms with Crippen molar-refractivity contribution in [2.24, 2.45) is 39.6 Å². The minimum absolute atomic E-state index is 0.0231. The Morgan fingerprint density at radius 2 is 1.56 bits per heavy atom. The molecule has 78 heavy (non-hydrogen) atoms. The van der Waals surface area contributed by atoms with Crippen molar-refractivity contribution in [2.75, 3.05) is 49.6 Å². The van der Waals surface area contributed by atoms with Crippen LogP contribution in [-0.4, -0.2) is 134 Å². The lowest BCUT2D eigenvalue weighted by Gasteiger charge is -2.43. The summed E-state index contributed by atoms with van der Waals surface area (Å²) in [5.74, 6) is -7.58. The van der Waals surface area contributed by atoms with Gasteiger partial charge in [-0.1, -0.05) is 78.0 Å². The van der Waals surface area contributed by atoms with Gasteiger partial charge >= 0.3 is 11.8 Å². The van der Waals surface area contributed by atoms with Crippen LogP contribution in [0.5, 0.6) is 17.2 Å². The molecule has 418 valence electrons. The molecule has 3 saturated heterocycles. The first-order chi connectivity index (χ1) is 37.0. The molecule has 7 aliphatic rings. The normalized spacial score (nSPS) is 29.8. The summed E-state index contributed by atoms with van der Waals surface area (Å²) in [5.41, 5.74) is -0.606. The topological polar surface area (TPSA) is 252 Å². The van der Waals surface area contributed by atoms with E-state index >= 15 is 0 Å². The molecule has 3 aromatic carbocycles. The number of ether oxygens (including phenoxy) is 3. The van der Waals surface area contributed by atoms with Gasteiger partial charge in [-0.25, -0.2) is 0 Å². The Hall–Kier alpha value is -6.83. The van der Waals surface area contributed by atoms with Crippen LogP contribution in [0.25, 0.3) is 10.8 Å². The van der Waals surface area contributed by atoms with Crippen LogP contribution in [0.1, 0.15) is 110 Å². The summed E-state index contributed by atoms with van der Waals surface area (Å²) in [4.78, 5) is 86.3. The number of nitrogens with one attached hydrogen (secondary N) is 2. The van der Waals surface area contributed by atoms with Crippen LogP contribution in [0.15, 0.2) is 76.5 Å². The molecule has 3 amide bonds. The second-order valence-corrected chi connectivity index (χ2v) is 23.0. The first-order valence-corrected chi connectivity index (χ1v) is 27.4. The van der Waals surface area contributed by atoms with Gasteiger partial charge in [0.1, 0.15) is 40.6 Å². The number of hydrogen-bond acceptors (Lipinski definition) is 16. The van der Waals surface area contributed by atoms with Gasteiger partial charge in [-0.05, 0) is 63.2 Å². The number of para-hydroxylation sites is 1. The summed E-state index contributed by atoms with van der Waals surface area (Å²) in [6, 6.07) is 9.62. The average molecular weight is 1070 g/mol. The van der Waals surface area contributed by atoms with Crippen molar-refractivity contribution in [3.05, 3.63) is 88.3 Å². The Bertz CT molecular complexity index is 3110. The molecule has 19 nitrogen and oxygen atoms in total. The van der Waals surface area contributed by atoms with Crippen molar-refractivity contribution in [1.82, 2.24) is 15.1 Å². The van der Waals surface area contributed by atoms with Crippen LogP contribution >= 0.6 is 0 Å². The number of phenolic OH excluding ortho intramolecular Hbond substituents is 2. The second-order valence-electron chi connectivity index (χ2n) is 23.0. The molecule has 8 atom stereocenters. The number of hydrogen-bond donors (Lipinski definition) is 6. The number of nitrogens with zero attached hydrogens (tertiary/aromatic N) is 5. The summed E-state index contributed by atoms with van der Waals surface area (Å²) in [5, 5.41) is 54.0. The number of amides is 3. The van der Waals surface area contributed by atoms with Crippen molar-refractivity contribution in [3.8, 4) is 17.2 Å². The summed E-state index contributed by atoms with van der Waals surface area (Å²) in [7, 11) is 0. The largest absolute Gasteiger partial charge is 0.507 e. The molecule has 2 spiro atoms. The number of carbonyl (C=O) groups excluding carboxylic acids is 5. The number of fused-ring (bicyclic) bond motifs is 13. The van der Waals surface area contributed by atoms with Crippen LogP contribution in [0.3, 0.4) is 0 Å². The Morgan fingerprint density at radius 3 is 2.24 bits per heavy atom. The molecule has 10 rings (SSSR count). The zero-order valence-corrected chi connectivity index (χ0v) is 46.2. The number of aliphatic hydroxyl groups is 2. The summed E-state index contributed by atoms with van der Waals surface area (Å²) < 4.78 is 18.7.